The van der Waals surface area contributed by atoms with Crippen LogP contribution in [0.3, 0.4) is 0 Å². The highest BCUT2D eigenvalue weighted by molar-refractivity contribution is 9.15. The number of aldehydes is 1. The minimum atomic E-state index is 0.290. The maximum Gasteiger partial charge on any atom is 0.225 e. The van der Waals surface area contributed by atoms with E-state index >= 15 is 0 Å². The molecular formula is C25H33BrN6O2. The second-order valence-corrected chi connectivity index (χ2v) is 9.81. The van der Waals surface area contributed by atoms with Crippen LogP contribution in [0, 0.1) is 0 Å². The zero-order valence-electron chi connectivity index (χ0n) is 19.8. The van der Waals surface area contributed by atoms with Gasteiger partial charge < -0.3 is 25.6 Å². The molecule has 1 saturated heterocycles. The van der Waals surface area contributed by atoms with Crippen LogP contribution in [0.25, 0.3) is 4.48 Å². The monoisotopic (exact) mass is 528 g/mol. The van der Waals surface area contributed by atoms with Crippen LogP contribution in [0.2, 0.25) is 0 Å². The summed E-state index contributed by atoms with van der Waals surface area (Å²) in [4.78, 5) is 23.8. The molecule has 2 fully saturated rings. The first-order valence-corrected chi connectivity index (χ1v) is 12.7. The van der Waals surface area contributed by atoms with Gasteiger partial charge in [0, 0.05) is 25.0 Å². The number of carbonyl (C=O) groups is 1. The lowest BCUT2D eigenvalue weighted by atomic mass is 10.1. The number of nitrogens with zero attached hydrogens (tertiary/aromatic N) is 3. The standard InChI is InChI=1S/C25H33BrN6O2/c1-27-15-22(26)23-21(16-33)24(31-25(30-23)29-18-11-13-32(2)14-12-18)28-17-7-9-20(10-8-17)34-19-5-3-4-6-19/h7-10,15-16,18-19,27H,3-6,11-14H2,1-2H3,(H2,28,29,30,31)/b22-15+. The highest BCUT2D eigenvalue weighted by Gasteiger charge is 2.21. The number of anilines is 3. The third kappa shape index (κ3) is 6.27. The third-order valence-electron chi connectivity index (χ3n) is 6.33. The predicted molar refractivity (Wildman–Crippen MR) is 140 cm³/mol. The van der Waals surface area contributed by atoms with E-state index in [1.165, 1.54) is 12.8 Å². The normalized spacial score (nSPS) is 18.0. The molecule has 0 unspecified atom stereocenters. The topological polar surface area (TPSA) is 91.4 Å². The first-order chi connectivity index (χ1) is 16.6. The molecule has 0 bridgehead atoms. The number of rotatable bonds is 9. The van der Waals surface area contributed by atoms with Crippen molar-refractivity contribution in [3.8, 4) is 5.75 Å². The zero-order valence-corrected chi connectivity index (χ0v) is 21.4. The van der Waals surface area contributed by atoms with Crippen molar-refractivity contribution >= 4 is 44.2 Å². The van der Waals surface area contributed by atoms with Gasteiger partial charge in [-0.25, -0.2) is 4.98 Å². The van der Waals surface area contributed by atoms with Gasteiger partial charge in [0.25, 0.3) is 0 Å². The molecule has 4 rings (SSSR count). The number of carbonyl (C=O) groups excluding carboxylic acids is 1. The average Bonchev–Trinajstić information content (AvgIpc) is 3.35. The fraction of sp³-hybridized carbons (Fsp3) is 0.480. The van der Waals surface area contributed by atoms with E-state index < -0.39 is 0 Å². The SMILES string of the molecule is CN/C=C(/Br)c1nc(NC2CCN(C)CC2)nc(Nc2ccc(OC3CCCC3)cc2)c1C=O. The molecule has 1 aliphatic heterocycles. The van der Waals surface area contributed by atoms with Gasteiger partial charge in [0.2, 0.25) is 5.95 Å². The van der Waals surface area contributed by atoms with Crippen LogP contribution < -0.4 is 20.7 Å². The van der Waals surface area contributed by atoms with Crippen LogP contribution in [0.4, 0.5) is 17.5 Å². The van der Waals surface area contributed by atoms with Crippen LogP contribution >= 0.6 is 15.9 Å². The minimum Gasteiger partial charge on any atom is -0.490 e. The maximum atomic E-state index is 12.1. The number of aromatic nitrogens is 2. The van der Waals surface area contributed by atoms with E-state index in [2.05, 4.69) is 53.8 Å². The van der Waals surface area contributed by atoms with E-state index in [0.717, 1.165) is 56.5 Å². The summed E-state index contributed by atoms with van der Waals surface area (Å²) in [7, 11) is 3.94. The Morgan fingerprint density at radius 1 is 1.12 bits per heavy atom. The van der Waals surface area contributed by atoms with Crippen LogP contribution in [-0.4, -0.2) is 60.5 Å². The van der Waals surface area contributed by atoms with Crippen molar-refractivity contribution in [2.24, 2.45) is 0 Å². The number of hydrogen-bond donors (Lipinski definition) is 3. The second kappa shape index (κ2) is 11.7. The van der Waals surface area contributed by atoms with Gasteiger partial charge in [0.1, 0.15) is 11.6 Å². The van der Waals surface area contributed by atoms with E-state index in [1.54, 1.807) is 13.2 Å². The Morgan fingerprint density at radius 2 is 1.82 bits per heavy atom. The molecule has 8 nitrogen and oxygen atoms in total. The third-order valence-corrected chi connectivity index (χ3v) is 6.94. The summed E-state index contributed by atoms with van der Waals surface area (Å²) in [5, 5.41) is 9.77. The lowest BCUT2D eigenvalue weighted by molar-refractivity contribution is 0.112. The van der Waals surface area contributed by atoms with E-state index in [-0.39, 0.29) is 6.04 Å². The fourth-order valence-corrected chi connectivity index (χ4v) is 4.94. The summed E-state index contributed by atoms with van der Waals surface area (Å²) in [6, 6.07) is 8.10. The highest BCUT2D eigenvalue weighted by Crippen LogP contribution is 2.30. The quantitative estimate of drug-likeness (QED) is 0.400. The number of halogens is 1. The Balaban J connectivity index is 1.58. The summed E-state index contributed by atoms with van der Waals surface area (Å²) in [6.45, 7) is 2.06. The van der Waals surface area contributed by atoms with Gasteiger partial charge in [0.05, 0.1) is 21.8 Å². The molecule has 0 spiro atoms. The molecule has 2 aromatic rings. The lowest BCUT2D eigenvalue weighted by Crippen LogP contribution is -2.37. The van der Waals surface area contributed by atoms with E-state index in [1.807, 2.05) is 24.3 Å². The highest BCUT2D eigenvalue weighted by atomic mass is 79.9. The van der Waals surface area contributed by atoms with Crippen molar-refractivity contribution in [3.05, 3.63) is 41.7 Å². The first-order valence-electron chi connectivity index (χ1n) is 11.9. The smallest absolute Gasteiger partial charge is 0.225 e. The molecule has 34 heavy (non-hydrogen) atoms. The lowest BCUT2D eigenvalue weighted by Gasteiger charge is -2.29. The van der Waals surface area contributed by atoms with Crippen LogP contribution in [0.15, 0.2) is 30.5 Å². The number of ether oxygens (including phenoxy) is 1. The molecular weight excluding hydrogens is 496 g/mol. The van der Waals surface area contributed by atoms with E-state index in [4.69, 9.17) is 4.74 Å². The number of piperidine rings is 1. The van der Waals surface area contributed by atoms with Crippen molar-refractivity contribution in [3.63, 3.8) is 0 Å². The molecule has 9 heteroatoms. The van der Waals surface area contributed by atoms with Crippen molar-refractivity contribution in [2.45, 2.75) is 50.7 Å². The molecule has 1 aromatic heterocycles. The number of benzene rings is 1. The zero-order chi connectivity index (χ0) is 23.9. The first kappa shape index (κ1) is 24.5. The largest absolute Gasteiger partial charge is 0.490 e. The average molecular weight is 529 g/mol. The van der Waals surface area contributed by atoms with E-state index in [9.17, 15) is 4.79 Å². The molecule has 1 aliphatic carbocycles. The van der Waals surface area contributed by atoms with Gasteiger partial charge in [-0.1, -0.05) is 0 Å². The molecule has 182 valence electrons. The van der Waals surface area contributed by atoms with Crippen molar-refractivity contribution in [2.75, 3.05) is 37.8 Å². The summed E-state index contributed by atoms with van der Waals surface area (Å²) < 4.78 is 6.75. The summed E-state index contributed by atoms with van der Waals surface area (Å²) in [5.41, 5.74) is 1.74. The Hall–Kier alpha value is -2.65. The molecule has 0 radical (unpaired) electrons. The van der Waals surface area contributed by atoms with E-state index in [0.29, 0.717) is 33.6 Å². The van der Waals surface area contributed by atoms with Gasteiger partial charge in [-0.15, -0.1) is 0 Å². The Morgan fingerprint density at radius 3 is 2.47 bits per heavy atom. The number of hydrogen-bond acceptors (Lipinski definition) is 8. The Labute approximate surface area is 209 Å². The van der Waals surface area contributed by atoms with Gasteiger partial charge in [0.15, 0.2) is 6.29 Å². The number of nitrogens with one attached hydrogen (secondary N) is 3. The van der Waals surface area contributed by atoms with Crippen molar-refractivity contribution in [1.82, 2.24) is 20.2 Å². The van der Waals surface area contributed by atoms with Crippen LogP contribution in [0.1, 0.15) is 54.6 Å². The van der Waals surface area contributed by atoms with Crippen LogP contribution in [0.5, 0.6) is 5.75 Å². The maximum absolute atomic E-state index is 12.1. The van der Waals surface area contributed by atoms with Crippen molar-refractivity contribution < 1.29 is 9.53 Å². The van der Waals surface area contributed by atoms with Gasteiger partial charge >= 0.3 is 0 Å². The van der Waals surface area contributed by atoms with Crippen LogP contribution in [-0.2, 0) is 0 Å². The van der Waals surface area contributed by atoms with Gasteiger partial charge in [-0.05, 0) is 98.9 Å². The molecule has 2 aliphatic rings. The molecule has 1 aromatic carbocycles. The number of likely N-dealkylation sites (tertiary alicyclic amines) is 1. The molecule has 2 heterocycles. The van der Waals surface area contributed by atoms with Gasteiger partial charge in [-0.2, -0.15) is 4.98 Å². The minimum absolute atomic E-state index is 0.290. The fourth-order valence-electron chi connectivity index (χ4n) is 4.41. The molecule has 0 amide bonds. The molecule has 1 saturated carbocycles. The second-order valence-electron chi connectivity index (χ2n) is 8.95. The molecule has 3 N–H and O–H groups in total. The van der Waals surface area contributed by atoms with Gasteiger partial charge in [-0.3, -0.25) is 4.79 Å². The molecule has 0 atom stereocenters. The Kier molecular flexibility index (Phi) is 8.39. The summed E-state index contributed by atoms with van der Waals surface area (Å²) in [6.07, 6.45) is 9.61. The van der Waals surface area contributed by atoms with Crippen molar-refractivity contribution in [1.29, 1.82) is 0 Å². The summed E-state index contributed by atoms with van der Waals surface area (Å²) >= 11 is 3.55. The predicted octanol–water partition coefficient (Wildman–Crippen LogP) is 4.77. The Bertz CT molecular complexity index is 999. The summed E-state index contributed by atoms with van der Waals surface area (Å²) in [5.74, 6) is 1.82.